The minimum Gasteiger partial charge on any atom is -0.462 e. The molecule has 4 aliphatic carbocycles. The highest BCUT2D eigenvalue weighted by Gasteiger charge is 2.59. The summed E-state index contributed by atoms with van der Waals surface area (Å²) >= 11 is 0. The van der Waals surface area contributed by atoms with E-state index >= 15 is 0 Å². The second-order valence-corrected chi connectivity index (χ2v) is 9.95. The molecular formula is C23H34O4. The predicted molar refractivity (Wildman–Crippen MR) is 103 cm³/mol. The quantitative estimate of drug-likeness (QED) is 0.514. The van der Waals surface area contributed by atoms with Crippen LogP contribution in [0.4, 0.5) is 0 Å². The zero-order valence-corrected chi connectivity index (χ0v) is 17.3. The van der Waals surface area contributed by atoms with Crippen molar-refractivity contribution in [3.8, 4) is 0 Å². The Morgan fingerprint density at radius 2 is 1.70 bits per heavy atom. The Hall–Kier alpha value is -1.32. The number of fused-ring (bicyclic) bond motifs is 5. The van der Waals surface area contributed by atoms with Crippen LogP contribution in [-0.2, 0) is 19.1 Å². The number of rotatable bonds is 2. The van der Waals surface area contributed by atoms with Gasteiger partial charge in [0.2, 0.25) is 0 Å². The molecule has 3 fully saturated rings. The summed E-state index contributed by atoms with van der Waals surface area (Å²) in [6, 6.07) is 0. The van der Waals surface area contributed by atoms with Gasteiger partial charge in [0.15, 0.2) is 0 Å². The summed E-state index contributed by atoms with van der Waals surface area (Å²) in [5.41, 5.74) is 1.92. The first-order valence-electron chi connectivity index (χ1n) is 10.8. The van der Waals surface area contributed by atoms with Crippen LogP contribution in [0.25, 0.3) is 0 Å². The molecule has 0 aliphatic heterocycles. The van der Waals surface area contributed by atoms with Gasteiger partial charge in [-0.2, -0.15) is 0 Å². The third-order valence-electron chi connectivity index (χ3n) is 8.61. The van der Waals surface area contributed by atoms with E-state index < -0.39 is 0 Å². The number of allylic oxidation sites excluding steroid dienone is 1. The summed E-state index contributed by atoms with van der Waals surface area (Å²) in [4.78, 5) is 22.9. The molecule has 150 valence electrons. The average Bonchev–Trinajstić information content (AvgIpc) is 2.91. The van der Waals surface area contributed by atoms with E-state index in [0.717, 1.165) is 38.5 Å². The second kappa shape index (κ2) is 6.63. The van der Waals surface area contributed by atoms with Crippen LogP contribution in [0.15, 0.2) is 11.6 Å². The molecule has 0 heterocycles. The van der Waals surface area contributed by atoms with E-state index in [0.29, 0.717) is 17.8 Å². The zero-order valence-electron chi connectivity index (χ0n) is 17.3. The van der Waals surface area contributed by atoms with Gasteiger partial charge in [-0.1, -0.05) is 25.5 Å². The zero-order chi connectivity index (χ0) is 19.4. The molecule has 0 saturated heterocycles. The predicted octanol–water partition coefficient (Wildman–Crippen LogP) is 4.81. The molecule has 4 rings (SSSR count). The van der Waals surface area contributed by atoms with Gasteiger partial charge >= 0.3 is 11.9 Å². The van der Waals surface area contributed by atoms with Crippen molar-refractivity contribution in [3.63, 3.8) is 0 Å². The number of ether oxygens (including phenoxy) is 2. The highest BCUT2D eigenvalue weighted by molar-refractivity contribution is 5.66. The maximum absolute atomic E-state index is 11.6. The lowest BCUT2D eigenvalue weighted by Gasteiger charge is -2.57. The van der Waals surface area contributed by atoms with Crippen molar-refractivity contribution in [1.82, 2.24) is 0 Å². The summed E-state index contributed by atoms with van der Waals surface area (Å²) in [7, 11) is 0. The first kappa shape index (κ1) is 19.0. The Balaban J connectivity index is 1.55. The van der Waals surface area contributed by atoms with Crippen LogP contribution in [0.5, 0.6) is 0 Å². The van der Waals surface area contributed by atoms with Crippen molar-refractivity contribution in [2.45, 2.75) is 91.3 Å². The van der Waals surface area contributed by atoms with Crippen LogP contribution in [0, 0.1) is 28.6 Å². The van der Waals surface area contributed by atoms with Gasteiger partial charge in [-0.25, -0.2) is 0 Å². The van der Waals surface area contributed by atoms with Gasteiger partial charge in [0.1, 0.15) is 12.2 Å². The lowest BCUT2D eigenvalue weighted by Crippen LogP contribution is -2.51. The van der Waals surface area contributed by atoms with E-state index in [1.165, 1.54) is 25.3 Å². The van der Waals surface area contributed by atoms with Gasteiger partial charge in [0.05, 0.1) is 0 Å². The van der Waals surface area contributed by atoms with Crippen LogP contribution in [0.2, 0.25) is 0 Å². The molecule has 0 amide bonds. The topological polar surface area (TPSA) is 52.6 Å². The van der Waals surface area contributed by atoms with Crippen molar-refractivity contribution in [3.05, 3.63) is 11.6 Å². The minimum atomic E-state index is -0.159. The highest BCUT2D eigenvalue weighted by atomic mass is 16.5. The third-order valence-corrected chi connectivity index (χ3v) is 8.61. The molecule has 0 N–H and O–H groups in total. The van der Waals surface area contributed by atoms with E-state index in [2.05, 4.69) is 19.9 Å². The van der Waals surface area contributed by atoms with E-state index in [4.69, 9.17) is 9.47 Å². The van der Waals surface area contributed by atoms with E-state index in [-0.39, 0.29) is 35.0 Å². The van der Waals surface area contributed by atoms with E-state index in [1.807, 2.05) is 0 Å². The molecule has 27 heavy (non-hydrogen) atoms. The summed E-state index contributed by atoms with van der Waals surface area (Å²) < 4.78 is 11.3. The average molecular weight is 375 g/mol. The Bertz CT molecular complexity index is 667. The van der Waals surface area contributed by atoms with Crippen LogP contribution in [0.1, 0.15) is 79.1 Å². The molecule has 7 atom stereocenters. The molecule has 4 nitrogen and oxygen atoms in total. The Labute approximate surface area is 163 Å². The molecule has 4 heteroatoms. The standard InChI is InChI=1S/C23H34O4/c1-14(24)26-17-9-11-22(3)16(13-17)5-6-18-19-7-8-21(27-15(2)25)23(19,4)12-10-20(18)22/h5,17-21H,6-13H2,1-4H3/t17-,18+,19-,20+,21+,22-,23+/m1/s1. The first-order valence-corrected chi connectivity index (χ1v) is 10.8. The van der Waals surface area contributed by atoms with Gasteiger partial charge in [-0.05, 0) is 68.1 Å². The Morgan fingerprint density at radius 3 is 2.41 bits per heavy atom. The van der Waals surface area contributed by atoms with Crippen LogP contribution in [0.3, 0.4) is 0 Å². The maximum Gasteiger partial charge on any atom is 0.302 e. The van der Waals surface area contributed by atoms with Crippen LogP contribution < -0.4 is 0 Å². The van der Waals surface area contributed by atoms with Crippen molar-refractivity contribution in [1.29, 1.82) is 0 Å². The largest absolute Gasteiger partial charge is 0.462 e. The fraction of sp³-hybridized carbons (Fsp3) is 0.826. The molecule has 0 radical (unpaired) electrons. The van der Waals surface area contributed by atoms with Crippen molar-refractivity contribution in [2.24, 2.45) is 28.6 Å². The third kappa shape index (κ3) is 3.03. The van der Waals surface area contributed by atoms with Crippen molar-refractivity contribution in [2.75, 3.05) is 0 Å². The Morgan fingerprint density at radius 1 is 0.963 bits per heavy atom. The summed E-state index contributed by atoms with van der Waals surface area (Å²) in [5, 5.41) is 0. The number of esters is 2. The summed E-state index contributed by atoms with van der Waals surface area (Å²) in [5.74, 6) is 1.77. The van der Waals surface area contributed by atoms with Gasteiger partial charge in [-0.3, -0.25) is 9.59 Å². The van der Waals surface area contributed by atoms with Gasteiger partial charge in [0, 0.05) is 25.7 Å². The molecule has 0 bridgehead atoms. The maximum atomic E-state index is 11.6. The van der Waals surface area contributed by atoms with Crippen molar-refractivity contribution >= 4 is 11.9 Å². The second-order valence-electron chi connectivity index (χ2n) is 9.95. The normalized spacial score (nSPS) is 45.8. The molecular weight excluding hydrogens is 340 g/mol. The van der Waals surface area contributed by atoms with E-state index in [9.17, 15) is 9.59 Å². The lowest BCUT2D eigenvalue weighted by atomic mass is 9.48. The number of hydrogen-bond donors (Lipinski definition) is 0. The summed E-state index contributed by atoms with van der Waals surface area (Å²) in [6.07, 6.45) is 11.4. The summed E-state index contributed by atoms with van der Waals surface area (Å²) in [6.45, 7) is 7.88. The smallest absolute Gasteiger partial charge is 0.302 e. The first-order chi connectivity index (χ1) is 12.7. The SMILES string of the molecule is CC(=O)O[C@@H]1CC[C@]2(C)C(=CC[C@H]3[C@H]4CC[C@H](OC(C)=O)[C@@]4(C)CC[C@@H]32)C1. The van der Waals surface area contributed by atoms with Crippen LogP contribution in [-0.4, -0.2) is 24.1 Å². The fourth-order valence-electron chi connectivity index (χ4n) is 7.31. The molecule has 0 unspecified atom stereocenters. The fourth-order valence-corrected chi connectivity index (χ4v) is 7.31. The molecule has 0 aromatic heterocycles. The van der Waals surface area contributed by atoms with E-state index in [1.54, 1.807) is 6.92 Å². The number of carbonyl (C=O) groups is 2. The highest BCUT2D eigenvalue weighted by Crippen LogP contribution is 2.65. The molecule has 0 aromatic rings. The molecule has 3 saturated carbocycles. The van der Waals surface area contributed by atoms with Crippen LogP contribution >= 0.6 is 0 Å². The lowest BCUT2D eigenvalue weighted by molar-refractivity contribution is -0.157. The molecule has 0 spiro atoms. The minimum absolute atomic E-state index is 0.0621. The van der Waals surface area contributed by atoms with Gasteiger partial charge in [0.25, 0.3) is 0 Å². The Kier molecular flexibility index (Phi) is 4.67. The van der Waals surface area contributed by atoms with Gasteiger partial charge in [-0.15, -0.1) is 0 Å². The van der Waals surface area contributed by atoms with Gasteiger partial charge < -0.3 is 9.47 Å². The monoisotopic (exact) mass is 374 g/mol. The number of carbonyl (C=O) groups excluding carboxylic acids is 2. The molecule has 4 aliphatic rings. The molecule has 0 aromatic carbocycles. The number of hydrogen-bond acceptors (Lipinski definition) is 4. The van der Waals surface area contributed by atoms with Crippen molar-refractivity contribution < 1.29 is 19.1 Å².